The smallest absolute Gasteiger partial charge is 0.330 e. The third kappa shape index (κ3) is 5.23. The van der Waals surface area contributed by atoms with Gasteiger partial charge in [-0.2, -0.15) is 0 Å². The first-order valence-electron chi connectivity index (χ1n) is 6.20. The number of H-pyrrole nitrogens is 1. The molecule has 0 aliphatic carbocycles. The van der Waals surface area contributed by atoms with Crippen molar-refractivity contribution in [1.82, 2.24) is 9.55 Å². The molecule has 0 amide bonds. The van der Waals surface area contributed by atoms with Gasteiger partial charge in [0.05, 0.1) is 19.3 Å². The van der Waals surface area contributed by atoms with Gasteiger partial charge in [-0.25, -0.2) is 4.79 Å². The molecule has 0 saturated heterocycles. The topological polar surface area (TPSA) is 73.3 Å². The second-order valence-corrected chi connectivity index (χ2v) is 4.31. The predicted molar refractivity (Wildman–Crippen MR) is 72.2 cm³/mol. The van der Waals surface area contributed by atoms with Crippen LogP contribution in [0.2, 0.25) is 0 Å². The van der Waals surface area contributed by atoms with Gasteiger partial charge in [0.1, 0.15) is 6.23 Å². The average molecular weight is 268 g/mol. The zero-order chi connectivity index (χ0) is 14.3. The Morgan fingerprint density at radius 3 is 2.79 bits per heavy atom. The van der Waals surface area contributed by atoms with Crippen LogP contribution in [-0.4, -0.2) is 28.9 Å². The molecule has 1 rings (SSSR count). The van der Waals surface area contributed by atoms with E-state index in [0.29, 0.717) is 19.6 Å². The first kappa shape index (κ1) is 15.4. The van der Waals surface area contributed by atoms with Crippen LogP contribution in [0, 0.1) is 0 Å². The molecule has 6 heteroatoms. The fraction of sp³-hybridized carbons (Fsp3) is 0.538. The van der Waals surface area contributed by atoms with Crippen LogP contribution in [-0.2, 0) is 9.47 Å². The van der Waals surface area contributed by atoms with Gasteiger partial charge in [0.25, 0.3) is 5.56 Å². The van der Waals surface area contributed by atoms with E-state index in [4.69, 9.17) is 9.47 Å². The second-order valence-electron chi connectivity index (χ2n) is 4.31. The van der Waals surface area contributed by atoms with Crippen LogP contribution in [0.15, 0.2) is 34.5 Å². The molecule has 1 atom stereocenters. The molecule has 0 bridgehead atoms. The number of ether oxygens (including phenoxy) is 2. The van der Waals surface area contributed by atoms with Gasteiger partial charge < -0.3 is 9.47 Å². The Balaban J connectivity index is 2.80. The molecular formula is C13H20N2O4. The minimum Gasteiger partial charge on any atom is -0.377 e. The number of aromatic amines is 1. The highest BCUT2D eigenvalue weighted by Gasteiger charge is 2.14. The van der Waals surface area contributed by atoms with Crippen molar-refractivity contribution in [2.24, 2.45) is 0 Å². The Hall–Kier alpha value is -1.66. The van der Waals surface area contributed by atoms with Gasteiger partial charge in [-0.15, -0.1) is 6.58 Å². The molecule has 1 heterocycles. The number of hydrogen-bond acceptors (Lipinski definition) is 4. The maximum atomic E-state index is 11.7. The van der Waals surface area contributed by atoms with Gasteiger partial charge in [0, 0.05) is 18.7 Å². The van der Waals surface area contributed by atoms with E-state index >= 15 is 0 Å². The second kappa shape index (κ2) is 7.70. The molecule has 19 heavy (non-hydrogen) atoms. The Morgan fingerprint density at radius 2 is 2.21 bits per heavy atom. The van der Waals surface area contributed by atoms with Gasteiger partial charge >= 0.3 is 5.69 Å². The summed E-state index contributed by atoms with van der Waals surface area (Å²) in [5.41, 5.74) is -0.908. The van der Waals surface area contributed by atoms with Crippen molar-refractivity contribution in [3.63, 3.8) is 0 Å². The van der Waals surface area contributed by atoms with E-state index in [1.807, 2.05) is 13.8 Å². The van der Waals surface area contributed by atoms with Gasteiger partial charge in [-0.3, -0.25) is 14.3 Å². The predicted octanol–water partition coefficient (Wildman–Crippen LogP) is 1.05. The molecule has 0 aromatic carbocycles. The summed E-state index contributed by atoms with van der Waals surface area (Å²) in [5.74, 6) is 0. The summed E-state index contributed by atoms with van der Waals surface area (Å²) in [6.07, 6.45) is 3.10. The van der Waals surface area contributed by atoms with Gasteiger partial charge in [0.15, 0.2) is 0 Å². The molecule has 0 saturated carbocycles. The summed E-state index contributed by atoms with van der Waals surface area (Å²) < 4.78 is 12.3. The number of aromatic nitrogens is 2. The van der Waals surface area contributed by atoms with Crippen molar-refractivity contribution < 1.29 is 9.47 Å². The van der Waals surface area contributed by atoms with Gasteiger partial charge in [-0.1, -0.05) is 6.08 Å². The first-order chi connectivity index (χ1) is 9.04. The monoisotopic (exact) mass is 268 g/mol. The molecule has 0 aliphatic rings. The molecule has 0 aliphatic heterocycles. The van der Waals surface area contributed by atoms with E-state index in [1.165, 1.54) is 16.8 Å². The lowest BCUT2D eigenvalue weighted by Gasteiger charge is -2.22. The van der Waals surface area contributed by atoms with Crippen LogP contribution in [0.3, 0.4) is 0 Å². The minimum absolute atomic E-state index is 0.0387. The fourth-order valence-corrected chi connectivity index (χ4v) is 1.59. The summed E-state index contributed by atoms with van der Waals surface area (Å²) in [6, 6.07) is 1.29. The van der Waals surface area contributed by atoms with E-state index in [-0.39, 0.29) is 6.10 Å². The quantitative estimate of drug-likeness (QED) is 0.565. The van der Waals surface area contributed by atoms with Crippen LogP contribution in [0.4, 0.5) is 0 Å². The van der Waals surface area contributed by atoms with Crippen molar-refractivity contribution in [3.8, 4) is 0 Å². The van der Waals surface area contributed by atoms with Crippen molar-refractivity contribution in [3.05, 3.63) is 45.8 Å². The highest BCUT2D eigenvalue weighted by molar-refractivity contribution is 4.84. The number of hydrogen-bond donors (Lipinski definition) is 1. The van der Waals surface area contributed by atoms with E-state index < -0.39 is 17.5 Å². The van der Waals surface area contributed by atoms with Gasteiger partial charge in [-0.05, 0) is 13.8 Å². The first-order valence-corrected chi connectivity index (χ1v) is 6.20. The Kier molecular flexibility index (Phi) is 6.24. The van der Waals surface area contributed by atoms with Crippen molar-refractivity contribution in [1.29, 1.82) is 0 Å². The normalized spacial score (nSPS) is 12.6. The largest absolute Gasteiger partial charge is 0.377 e. The zero-order valence-electron chi connectivity index (χ0n) is 11.3. The summed E-state index contributed by atoms with van der Waals surface area (Å²) in [4.78, 5) is 25.0. The van der Waals surface area contributed by atoms with Crippen molar-refractivity contribution in [2.75, 3.05) is 13.2 Å². The average Bonchev–Trinajstić information content (AvgIpc) is 2.33. The third-order valence-corrected chi connectivity index (χ3v) is 2.34. The minimum atomic E-state index is -0.484. The van der Waals surface area contributed by atoms with E-state index in [2.05, 4.69) is 11.6 Å². The van der Waals surface area contributed by atoms with Crippen molar-refractivity contribution in [2.45, 2.75) is 32.6 Å². The molecule has 0 spiro atoms. The number of nitrogens with one attached hydrogen (secondary N) is 1. The molecule has 1 aromatic heterocycles. The lowest BCUT2D eigenvalue weighted by atomic mass is 10.3. The Morgan fingerprint density at radius 1 is 1.47 bits per heavy atom. The summed E-state index contributed by atoms with van der Waals surface area (Å²) >= 11 is 0. The molecule has 0 radical (unpaired) electrons. The molecule has 0 fully saturated rings. The summed E-state index contributed by atoms with van der Waals surface area (Å²) in [6.45, 7) is 8.22. The molecule has 1 N–H and O–H groups in total. The fourth-order valence-electron chi connectivity index (χ4n) is 1.59. The van der Waals surface area contributed by atoms with E-state index in [0.717, 1.165) is 0 Å². The molecule has 0 unspecified atom stereocenters. The Bertz CT molecular complexity index is 504. The molecule has 6 nitrogen and oxygen atoms in total. The van der Waals surface area contributed by atoms with E-state index in [9.17, 15) is 9.59 Å². The highest BCUT2D eigenvalue weighted by Crippen LogP contribution is 2.13. The zero-order valence-corrected chi connectivity index (χ0v) is 11.3. The van der Waals surface area contributed by atoms with Crippen LogP contribution < -0.4 is 11.2 Å². The van der Waals surface area contributed by atoms with Crippen LogP contribution >= 0.6 is 0 Å². The van der Waals surface area contributed by atoms with E-state index in [1.54, 1.807) is 6.08 Å². The summed E-state index contributed by atoms with van der Waals surface area (Å²) in [5, 5.41) is 0. The van der Waals surface area contributed by atoms with Crippen molar-refractivity contribution >= 4 is 0 Å². The number of nitrogens with zero attached hydrogens (tertiary/aromatic N) is 1. The molecule has 106 valence electrons. The lowest BCUT2D eigenvalue weighted by Crippen LogP contribution is -2.34. The third-order valence-electron chi connectivity index (χ3n) is 2.34. The van der Waals surface area contributed by atoms with Crippen LogP contribution in [0.25, 0.3) is 0 Å². The Labute approximate surface area is 111 Å². The summed E-state index contributed by atoms with van der Waals surface area (Å²) in [7, 11) is 0. The standard InChI is InChI=1S/C13H20N2O4/c1-4-8-18-9-6-12(19-10(2)3)15-7-5-11(16)14-13(15)17/h4-5,7,10,12H,1,6,8-9H2,2-3H3,(H,14,16,17)/t12-/m1/s1. The SMILES string of the molecule is C=CCOCC[C@@H](OC(C)C)n1ccc(=O)[nH]c1=O. The number of rotatable bonds is 8. The maximum Gasteiger partial charge on any atom is 0.330 e. The molecule has 1 aromatic rings. The molecular weight excluding hydrogens is 248 g/mol. The highest BCUT2D eigenvalue weighted by atomic mass is 16.5. The lowest BCUT2D eigenvalue weighted by molar-refractivity contribution is -0.0562. The maximum absolute atomic E-state index is 11.7. The van der Waals surface area contributed by atoms with Crippen LogP contribution in [0.1, 0.15) is 26.5 Å². The van der Waals surface area contributed by atoms with Crippen LogP contribution in [0.5, 0.6) is 0 Å². The van der Waals surface area contributed by atoms with Gasteiger partial charge in [0.2, 0.25) is 0 Å².